The Morgan fingerprint density at radius 3 is 2.25 bits per heavy atom. The van der Waals surface area contributed by atoms with Gasteiger partial charge >= 0.3 is 6.18 Å². The molecule has 6 heteroatoms. The average Bonchev–Trinajstić information content (AvgIpc) is 2.17. The van der Waals surface area contributed by atoms with Crippen LogP contribution < -0.4 is 5.32 Å². The van der Waals surface area contributed by atoms with Gasteiger partial charge in [-0.3, -0.25) is 0 Å². The van der Waals surface area contributed by atoms with Gasteiger partial charge in [-0.2, -0.15) is 13.2 Å². The van der Waals surface area contributed by atoms with Gasteiger partial charge in [0, 0.05) is 13.1 Å². The van der Waals surface area contributed by atoms with Gasteiger partial charge < -0.3 is 15.5 Å². The smallest absolute Gasteiger partial charge is 0.389 e. The first-order valence-electron chi connectivity index (χ1n) is 5.51. The van der Waals surface area contributed by atoms with Gasteiger partial charge in [0.2, 0.25) is 0 Å². The largest absolute Gasteiger partial charge is 0.415 e. The Morgan fingerprint density at radius 2 is 1.75 bits per heavy atom. The van der Waals surface area contributed by atoms with E-state index in [0.717, 1.165) is 19.3 Å². The molecule has 0 heterocycles. The molecule has 16 heavy (non-hydrogen) atoms. The molecule has 1 aliphatic rings. The lowest BCUT2D eigenvalue weighted by atomic mass is 9.85. The number of halogens is 3. The first-order chi connectivity index (χ1) is 7.33. The summed E-state index contributed by atoms with van der Waals surface area (Å²) in [6.45, 7) is -0.452. The van der Waals surface area contributed by atoms with Crippen molar-refractivity contribution in [3.63, 3.8) is 0 Å². The van der Waals surface area contributed by atoms with Gasteiger partial charge in [0.05, 0.1) is 5.60 Å². The molecule has 0 aromatic heterocycles. The molecule has 0 aromatic carbocycles. The van der Waals surface area contributed by atoms with Crippen LogP contribution in [-0.2, 0) is 0 Å². The predicted molar refractivity (Wildman–Crippen MR) is 53.0 cm³/mol. The van der Waals surface area contributed by atoms with E-state index in [9.17, 15) is 18.3 Å². The molecule has 3 N–H and O–H groups in total. The SMILES string of the molecule is OC(CNCC1(O)CCCCC1)C(F)(F)F. The Kier molecular flexibility index (Phi) is 4.58. The standard InChI is InChI=1S/C10H18F3NO2/c11-10(12,13)8(15)6-14-7-9(16)4-2-1-3-5-9/h8,14-16H,1-7H2. The molecule has 0 bridgehead atoms. The van der Waals surface area contributed by atoms with E-state index in [2.05, 4.69) is 5.32 Å². The molecule has 1 saturated carbocycles. The van der Waals surface area contributed by atoms with Gasteiger partial charge in [0.15, 0.2) is 6.10 Å². The summed E-state index contributed by atoms with van der Waals surface area (Å²) in [5, 5.41) is 21.2. The number of nitrogens with one attached hydrogen (secondary N) is 1. The minimum Gasteiger partial charge on any atom is -0.389 e. The molecule has 3 nitrogen and oxygen atoms in total. The molecule has 0 spiro atoms. The van der Waals surface area contributed by atoms with E-state index >= 15 is 0 Å². The van der Waals surface area contributed by atoms with Crippen LogP contribution in [0.25, 0.3) is 0 Å². The van der Waals surface area contributed by atoms with Crippen LogP contribution in [0.15, 0.2) is 0 Å². The maximum atomic E-state index is 12.0. The minimum absolute atomic E-state index is 0.111. The third-order valence-corrected chi connectivity index (χ3v) is 2.95. The van der Waals surface area contributed by atoms with E-state index in [4.69, 9.17) is 5.11 Å². The van der Waals surface area contributed by atoms with Gasteiger partial charge in [-0.25, -0.2) is 0 Å². The van der Waals surface area contributed by atoms with Gasteiger partial charge in [-0.05, 0) is 12.8 Å². The third kappa shape index (κ3) is 4.27. The fourth-order valence-corrected chi connectivity index (χ4v) is 1.94. The van der Waals surface area contributed by atoms with Crippen molar-refractivity contribution in [2.45, 2.75) is 50.0 Å². The van der Waals surface area contributed by atoms with E-state index in [-0.39, 0.29) is 6.54 Å². The lowest BCUT2D eigenvalue weighted by Crippen LogP contribution is -2.46. The van der Waals surface area contributed by atoms with Crippen molar-refractivity contribution >= 4 is 0 Å². The van der Waals surface area contributed by atoms with Gasteiger partial charge in [-0.15, -0.1) is 0 Å². The van der Waals surface area contributed by atoms with Crippen LogP contribution in [0.2, 0.25) is 0 Å². The first kappa shape index (κ1) is 13.7. The summed E-state index contributed by atoms with van der Waals surface area (Å²) in [6.07, 6.45) is -2.86. The molecule has 1 fully saturated rings. The maximum absolute atomic E-state index is 12.0. The Labute approximate surface area is 92.7 Å². The molecule has 1 rings (SSSR count). The highest BCUT2D eigenvalue weighted by Crippen LogP contribution is 2.27. The summed E-state index contributed by atoms with van der Waals surface area (Å²) >= 11 is 0. The zero-order valence-electron chi connectivity index (χ0n) is 9.06. The monoisotopic (exact) mass is 241 g/mol. The molecule has 96 valence electrons. The molecule has 0 radical (unpaired) electrons. The van der Waals surface area contributed by atoms with Crippen molar-refractivity contribution in [1.82, 2.24) is 5.32 Å². The van der Waals surface area contributed by atoms with Crippen molar-refractivity contribution in [2.75, 3.05) is 13.1 Å². The summed E-state index contributed by atoms with van der Waals surface area (Å²) < 4.78 is 35.9. The second kappa shape index (κ2) is 5.33. The van der Waals surface area contributed by atoms with Crippen LogP contribution >= 0.6 is 0 Å². The summed E-state index contributed by atoms with van der Waals surface area (Å²) in [5.74, 6) is 0. The normalized spacial score (nSPS) is 23.1. The van der Waals surface area contributed by atoms with Crippen LogP contribution in [0.4, 0.5) is 13.2 Å². The number of hydrogen-bond donors (Lipinski definition) is 3. The number of aliphatic hydroxyl groups excluding tert-OH is 1. The number of alkyl halides is 3. The molecule has 0 saturated heterocycles. The Bertz CT molecular complexity index is 215. The lowest BCUT2D eigenvalue weighted by molar-refractivity contribution is -0.202. The highest BCUT2D eigenvalue weighted by molar-refractivity contribution is 4.85. The Morgan fingerprint density at radius 1 is 1.19 bits per heavy atom. The van der Waals surface area contributed by atoms with Crippen molar-refractivity contribution in [3.8, 4) is 0 Å². The highest BCUT2D eigenvalue weighted by Gasteiger charge is 2.38. The van der Waals surface area contributed by atoms with E-state index < -0.39 is 24.4 Å². The second-order valence-electron chi connectivity index (χ2n) is 4.47. The minimum atomic E-state index is -4.60. The summed E-state index contributed by atoms with van der Waals surface area (Å²) in [6, 6.07) is 0. The van der Waals surface area contributed by atoms with Crippen molar-refractivity contribution in [3.05, 3.63) is 0 Å². The number of rotatable bonds is 4. The van der Waals surface area contributed by atoms with Crippen LogP contribution in [0, 0.1) is 0 Å². The summed E-state index contributed by atoms with van der Waals surface area (Å²) in [5.41, 5.74) is -0.899. The molecular formula is C10H18F3NO2. The average molecular weight is 241 g/mol. The van der Waals surface area contributed by atoms with Crippen molar-refractivity contribution in [2.24, 2.45) is 0 Å². The fourth-order valence-electron chi connectivity index (χ4n) is 1.94. The van der Waals surface area contributed by atoms with Gasteiger partial charge in [0.25, 0.3) is 0 Å². The highest BCUT2D eigenvalue weighted by atomic mass is 19.4. The summed E-state index contributed by atoms with van der Waals surface area (Å²) in [7, 11) is 0. The molecule has 1 atom stereocenters. The first-order valence-corrected chi connectivity index (χ1v) is 5.51. The quantitative estimate of drug-likeness (QED) is 0.693. The van der Waals surface area contributed by atoms with E-state index in [1.807, 2.05) is 0 Å². The van der Waals surface area contributed by atoms with E-state index in [1.165, 1.54) is 0 Å². The Hall–Kier alpha value is -0.330. The van der Waals surface area contributed by atoms with Crippen molar-refractivity contribution in [1.29, 1.82) is 0 Å². The molecule has 0 aliphatic heterocycles. The third-order valence-electron chi connectivity index (χ3n) is 2.95. The fraction of sp³-hybridized carbons (Fsp3) is 1.00. The predicted octanol–water partition coefficient (Wildman–Crippen LogP) is 1.19. The van der Waals surface area contributed by atoms with E-state index in [0.29, 0.717) is 12.8 Å². The van der Waals surface area contributed by atoms with Crippen LogP contribution in [-0.4, -0.2) is 41.2 Å². The Balaban J connectivity index is 2.24. The zero-order chi connectivity index (χ0) is 12.2. The second-order valence-corrected chi connectivity index (χ2v) is 4.47. The van der Waals surface area contributed by atoms with Crippen LogP contribution in [0.1, 0.15) is 32.1 Å². The van der Waals surface area contributed by atoms with Crippen LogP contribution in [0.5, 0.6) is 0 Å². The number of hydrogen-bond acceptors (Lipinski definition) is 3. The molecule has 0 aromatic rings. The van der Waals surface area contributed by atoms with Crippen LogP contribution in [0.3, 0.4) is 0 Å². The van der Waals surface area contributed by atoms with Gasteiger partial charge in [-0.1, -0.05) is 19.3 Å². The zero-order valence-corrected chi connectivity index (χ0v) is 9.06. The number of aliphatic hydroxyl groups is 2. The molecule has 0 amide bonds. The lowest BCUT2D eigenvalue weighted by Gasteiger charge is -2.32. The van der Waals surface area contributed by atoms with Crippen molar-refractivity contribution < 1.29 is 23.4 Å². The molecule has 1 unspecified atom stereocenters. The maximum Gasteiger partial charge on any atom is 0.415 e. The summed E-state index contributed by atoms with van der Waals surface area (Å²) in [4.78, 5) is 0. The van der Waals surface area contributed by atoms with Gasteiger partial charge in [0.1, 0.15) is 0 Å². The molecular weight excluding hydrogens is 223 g/mol. The van der Waals surface area contributed by atoms with E-state index in [1.54, 1.807) is 0 Å². The topological polar surface area (TPSA) is 52.5 Å². The molecule has 1 aliphatic carbocycles.